The maximum absolute atomic E-state index is 12.9. The minimum atomic E-state index is -4.43. The SMILES string of the molecule is FC(F)(F)c1ccccc1C=NNc1ccnc2cc(Cl)ccc12. The molecule has 1 aromatic heterocycles. The van der Waals surface area contributed by atoms with Gasteiger partial charge >= 0.3 is 6.18 Å². The van der Waals surface area contributed by atoms with Crippen LogP contribution in [0.5, 0.6) is 0 Å². The lowest BCUT2D eigenvalue weighted by atomic mass is 10.1. The van der Waals surface area contributed by atoms with Crippen molar-refractivity contribution >= 4 is 34.4 Å². The fraction of sp³-hybridized carbons (Fsp3) is 0.0588. The molecule has 0 unspecified atom stereocenters. The average molecular weight is 350 g/mol. The Morgan fingerprint density at radius 3 is 2.67 bits per heavy atom. The Hall–Kier alpha value is -2.60. The number of fused-ring (bicyclic) bond motifs is 1. The smallest absolute Gasteiger partial charge is 0.278 e. The lowest BCUT2D eigenvalue weighted by Crippen LogP contribution is -2.08. The normalized spacial score (nSPS) is 12.0. The van der Waals surface area contributed by atoms with Gasteiger partial charge in [-0.3, -0.25) is 10.4 Å². The van der Waals surface area contributed by atoms with Crippen LogP contribution in [0.15, 0.2) is 59.8 Å². The Labute approximate surface area is 140 Å². The van der Waals surface area contributed by atoms with Crippen molar-refractivity contribution in [3.8, 4) is 0 Å². The van der Waals surface area contributed by atoms with Crippen LogP contribution in [0.3, 0.4) is 0 Å². The van der Waals surface area contributed by atoms with Crippen LogP contribution in [0.4, 0.5) is 18.9 Å². The first-order valence-corrected chi connectivity index (χ1v) is 7.32. The number of rotatable bonds is 3. The highest BCUT2D eigenvalue weighted by Crippen LogP contribution is 2.31. The Morgan fingerprint density at radius 1 is 1.08 bits per heavy atom. The lowest BCUT2D eigenvalue weighted by molar-refractivity contribution is -0.137. The van der Waals surface area contributed by atoms with Crippen LogP contribution in [0, 0.1) is 0 Å². The van der Waals surface area contributed by atoms with Gasteiger partial charge in [0.2, 0.25) is 0 Å². The Morgan fingerprint density at radius 2 is 1.88 bits per heavy atom. The highest BCUT2D eigenvalue weighted by molar-refractivity contribution is 6.31. The van der Waals surface area contributed by atoms with E-state index in [1.165, 1.54) is 18.2 Å². The second-order valence-corrected chi connectivity index (χ2v) is 5.41. The van der Waals surface area contributed by atoms with Crippen LogP contribution >= 0.6 is 11.6 Å². The molecule has 3 rings (SSSR count). The summed E-state index contributed by atoms with van der Waals surface area (Å²) in [6.07, 6.45) is -1.71. The first kappa shape index (κ1) is 16.3. The monoisotopic (exact) mass is 349 g/mol. The van der Waals surface area contributed by atoms with E-state index in [0.717, 1.165) is 17.7 Å². The summed E-state index contributed by atoms with van der Waals surface area (Å²) in [5.74, 6) is 0. The van der Waals surface area contributed by atoms with E-state index in [2.05, 4.69) is 15.5 Å². The zero-order valence-corrected chi connectivity index (χ0v) is 12.9. The Kier molecular flexibility index (Phi) is 4.40. The van der Waals surface area contributed by atoms with Crippen LogP contribution in [0.2, 0.25) is 5.02 Å². The molecule has 0 radical (unpaired) electrons. The van der Waals surface area contributed by atoms with E-state index in [1.807, 2.05) is 0 Å². The van der Waals surface area contributed by atoms with E-state index >= 15 is 0 Å². The molecule has 3 aromatic rings. The van der Waals surface area contributed by atoms with Gasteiger partial charge < -0.3 is 0 Å². The fourth-order valence-electron chi connectivity index (χ4n) is 2.26. The molecule has 2 aromatic carbocycles. The number of hydrazone groups is 1. The third kappa shape index (κ3) is 3.49. The molecule has 1 heterocycles. The molecule has 7 heteroatoms. The molecule has 0 bridgehead atoms. The van der Waals surface area contributed by atoms with Crippen LogP contribution in [-0.4, -0.2) is 11.2 Å². The van der Waals surface area contributed by atoms with Gasteiger partial charge in [-0.15, -0.1) is 0 Å². The summed E-state index contributed by atoms with van der Waals surface area (Å²) in [6.45, 7) is 0. The summed E-state index contributed by atoms with van der Waals surface area (Å²) in [6, 6.07) is 12.1. The largest absolute Gasteiger partial charge is 0.417 e. The molecular formula is C17H11ClF3N3. The number of benzene rings is 2. The third-order valence-corrected chi connectivity index (χ3v) is 3.59. The lowest BCUT2D eigenvalue weighted by Gasteiger charge is -2.09. The minimum absolute atomic E-state index is 0.0149. The van der Waals surface area contributed by atoms with E-state index in [-0.39, 0.29) is 5.56 Å². The summed E-state index contributed by atoms with van der Waals surface area (Å²) in [5.41, 5.74) is 3.29. The number of nitrogens with one attached hydrogen (secondary N) is 1. The number of alkyl halides is 3. The van der Waals surface area contributed by atoms with Crippen molar-refractivity contribution in [3.05, 3.63) is 70.9 Å². The van der Waals surface area contributed by atoms with Crippen LogP contribution in [0.1, 0.15) is 11.1 Å². The van der Waals surface area contributed by atoms with E-state index < -0.39 is 11.7 Å². The maximum atomic E-state index is 12.9. The van der Waals surface area contributed by atoms with Gasteiger partial charge in [-0.1, -0.05) is 29.8 Å². The van der Waals surface area contributed by atoms with Gasteiger partial charge in [-0.2, -0.15) is 18.3 Å². The highest BCUT2D eigenvalue weighted by atomic mass is 35.5. The number of hydrogen-bond acceptors (Lipinski definition) is 3. The maximum Gasteiger partial charge on any atom is 0.417 e. The van der Waals surface area contributed by atoms with Gasteiger partial charge in [-0.05, 0) is 30.3 Å². The van der Waals surface area contributed by atoms with Crippen molar-refractivity contribution in [2.45, 2.75) is 6.18 Å². The summed E-state index contributed by atoms with van der Waals surface area (Å²) >= 11 is 5.92. The highest BCUT2D eigenvalue weighted by Gasteiger charge is 2.32. The number of anilines is 1. The molecule has 122 valence electrons. The zero-order valence-electron chi connectivity index (χ0n) is 12.2. The topological polar surface area (TPSA) is 37.3 Å². The van der Waals surface area contributed by atoms with Crippen molar-refractivity contribution in [1.82, 2.24) is 4.98 Å². The van der Waals surface area contributed by atoms with E-state index in [0.29, 0.717) is 16.2 Å². The minimum Gasteiger partial charge on any atom is -0.278 e. The molecule has 0 saturated heterocycles. The van der Waals surface area contributed by atoms with Crippen molar-refractivity contribution in [2.24, 2.45) is 5.10 Å². The fourth-order valence-corrected chi connectivity index (χ4v) is 2.42. The number of hydrogen-bond donors (Lipinski definition) is 1. The van der Waals surface area contributed by atoms with E-state index in [4.69, 9.17) is 11.6 Å². The molecule has 0 fully saturated rings. The third-order valence-electron chi connectivity index (χ3n) is 3.36. The second-order valence-electron chi connectivity index (χ2n) is 4.97. The molecule has 0 spiro atoms. The van der Waals surface area contributed by atoms with Crippen LogP contribution < -0.4 is 5.43 Å². The number of pyridine rings is 1. The predicted octanol–water partition coefficient (Wildman–Crippen LogP) is 5.35. The number of halogens is 4. The molecule has 24 heavy (non-hydrogen) atoms. The Balaban J connectivity index is 1.88. The first-order chi connectivity index (χ1) is 11.4. The van der Waals surface area contributed by atoms with E-state index in [1.54, 1.807) is 30.5 Å². The standard InChI is InChI=1S/C17H11ClF3N3/c18-12-5-6-13-15(7-8-22-16(13)9-12)24-23-10-11-3-1-2-4-14(11)17(19,20)21/h1-10H,(H,22,24). The summed E-state index contributed by atoms with van der Waals surface area (Å²) in [7, 11) is 0. The van der Waals surface area contributed by atoms with Gasteiger partial charge in [0, 0.05) is 22.2 Å². The van der Waals surface area contributed by atoms with Gasteiger partial charge in [0.05, 0.1) is 23.0 Å². The zero-order chi connectivity index (χ0) is 17.2. The van der Waals surface area contributed by atoms with Gasteiger partial charge in [0.15, 0.2) is 0 Å². The predicted molar refractivity (Wildman–Crippen MR) is 89.4 cm³/mol. The van der Waals surface area contributed by atoms with Crippen LogP contribution in [0.25, 0.3) is 10.9 Å². The molecular weight excluding hydrogens is 339 g/mol. The number of aromatic nitrogens is 1. The van der Waals surface area contributed by atoms with Crippen molar-refractivity contribution in [2.75, 3.05) is 5.43 Å². The molecule has 3 nitrogen and oxygen atoms in total. The van der Waals surface area contributed by atoms with Crippen molar-refractivity contribution in [1.29, 1.82) is 0 Å². The summed E-state index contributed by atoms with van der Waals surface area (Å²) in [5, 5.41) is 5.24. The van der Waals surface area contributed by atoms with E-state index in [9.17, 15) is 13.2 Å². The Bertz CT molecular complexity index is 907. The van der Waals surface area contributed by atoms with Crippen molar-refractivity contribution < 1.29 is 13.2 Å². The van der Waals surface area contributed by atoms with Crippen molar-refractivity contribution in [3.63, 3.8) is 0 Å². The average Bonchev–Trinajstić information content (AvgIpc) is 2.54. The molecule has 0 aliphatic heterocycles. The molecule has 0 aliphatic rings. The molecule has 0 saturated carbocycles. The molecule has 0 aliphatic carbocycles. The molecule has 0 amide bonds. The van der Waals surface area contributed by atoms with Gasteiger partial charge in [0.1, 0.15) is 0 Å². The van der Waals surface area contributed by atoms with Gasteiger partial charge in [0.25, 0.3) is 0 Å². The first-order valence-electron chi connectivity index (χ1n) is 6.95. The summed E-state index contributed by atoms with van der Waals surface area (Å²) in [4.78, 5) is 4.19. The summed E-state index contributed by atoms with van der Waals surface area (Å²) < 4.78 is 38.8. The quantitative estimate of drug-likeness (QED) is 0.511. The van der Waals surface area contributed by atoms with Gasteiger partial charge in [-0.25, -0.2) is 0 Å². The molecule has 0 atom stereocenters. The second kappa shape index (κ2) is 6.49. The van der Waals surface area contributed by atoms with Crippen LogP contribution in [-0.2, 0) is 6.18 Å². The number of nitrogens with zero attached hydrogens (tertiary/aromatic N) is 2. The molecule has 1 N–H and O–H groups in total.